The number of likely N-dealkylation sites (tertiary alicyclic amines) is 1. The van der Waals surface area contributed by atoms with E-state index in [1.807, 2.05) is 22.9 Å². The summed E-state index contributed by atoms with van der Waals surface area (Å²) in [7, 11) is 2.63. The Hall–Kier alpha value is -3.08. The number of carboxylic acid groups (broad SMARTS) is 1. The van der Waals surface area contributed by atoms with Gasteiger partial charge in [0.25, 0.3) is 0 Å². The third-order valence-electron chi connectivity index (χ3n) is 8.18. The molecule has 6 nitrogen and oxygen atoms in total. The van der Waals surface area contributed by atoms with E-state index >= 15 is 0 Å². The molecule has 2 aromatic heterocycles. The average Bonchev–Trinajstić information content (AvgIpc) is 3.29. The second-order valence-electron chi connectivity index (χ2n) is 10.3. The summed E-state index contributed by atoms with van der Waals surface area (Å²) in [4.78, 5) is 18.4. The van der Waals surface area contributed by atoms with Crippen LogP contribution in [0.1, 0.15) is 50.8 Å². The van der Waals surface area contributed by atoms with E-state index in [9.17, 15) is 9.90 Å². The van der Waals surface area contributed by atoms with Crippen LogP contribution in [-0.4, -0.2) is 49.6 Å². The molecule has 3 aromatic rings. The van der Waals surface area contributed by atoms with Gasteiger partial charge in [-0.2, -0.15) is 5.10 Å². The topological polar surface area (TPSA) is 71.2 Å². The summed E-state index contributed by atoms with van der Waals surface area (Å²) in [6, 6.07) is 8.93. The first-order valence-electron chi connectivity index (χ1n) is 13.1. The quantitative estimate of drug-likeness (QED) is 0.392. The highest BCUT2D eigenvalue weighted by Gasteiger charge is 2.27. The normalized spacial score (nSPS) is 18.5. The number of hydrogen-bond donors (Lipinski definition) is 1. The Balaban J connectivity index is 1.32. The van der Waals surface area contributed by atoms with Gasteiger partial charge in [-0.15, -0.1) is 0 Å². The first-order valence-corrected chi connectivity index (χ1v) is 13.6. The van der Waals surface area contributed by atoms with Crippen LogP contribution in [-0.2, 0) is 4.79 Å². The number of pyridine rings is 1. The van der Waals surface area contributed by atoms with Crippen molar-refractivity contribution in [1.82, 2.24) is 19.4 Å². The molecule has 5 rings (SSSR count). The van der Waals surface area contributed by atoms with Gasteiger partial charge in [0.15, 0.2) is 0 Å². The molecule has 0 radical (unpaired) electrons. The standard InChI is InChI=1S/C30H35N4O2P/c1-19(21(3)33-14-11-23(12-15-33)22-4-6-24(7-5-22)30(35)36)16-28-20(2)31-13-10-27(28)25-8-9-29-26(17-25)18-32-34(29)37/h4,6,8-10,13,16-18,21,23H,5,7,11-12,14-15,37H2,1-3H3,(H,35,36)/b19-16+. The van der Waals surface area contributed by atoms with Crippen molar-refractivity contribution in [2.75, 3.05) is 13.1 Å². The van der Waals surface area contributed by atoms with Crippen molar-refractivity contribution in [2.24, 2.45) is 5.92 Å². The zero-order valence-electron chi connectivity index (χ0n) is 21.8. The molecule has 0 saturated carbocycles. The van der Waals surface area contributed by atoms with E-state index in [-0.39, 0.29) is 0 Å². The molecule has 1 fully saturated rings. The summed E-state index contributed by atoms with van der Waals surface area (Å²) in [6.07, 6.45) is 13.8. The van der Waals surface area contributed by atoms with Gasteiger partial charge in [0.2, 0.25) is 0 Å². The Labute approximate surface area is 221 Å². The lowest BCUT2D eigenvalue weighted by molar-refractivity contribution is -0.132. The number of aliphatic carboxylic acids is 1. The molecule has 0 amide bonds. The van der Waals surface area contributed by atoms with Gasteiger partial charge in [-0.25, -0.2) is 4.79 Å². The molecule has 7 heteroatoms. The number of allylic oxidation sites excluding steroid dienone is 3. The predicted molar refractivity (Wildman–Crippen MR) is 153 cm³/mol. The van der Waals surface area contributed by atoms with Crippen molar-refractivity contribution >= 4 is 32.3 Å². The Morgan fingerprint density at radius 1 is 1.19 bits per heavy atom. The van der Waals surface area contributed by atoms with Crippen molar-refractivity contribution in [3.05, 3.63) is 76.8 Å². The molecular weight excluding hydrogens is 479 g/mol. The van der Waals surface area contributed by atoms with Crippen LogP contribution in [0.25, 0.3) is 28.1 Å². The van der Waals surface area contributed by atoms with Gasteiger partial charge in [0, 0.05) is 34.5 Å². The molecule has 1 aliphatic heterocycles. The van der Waals surface area contributed by atoms with Crippen LogP contribution < -0.4 is 0 Å². The number of carboxylic acids is 1. The maximum atomic E-state index is 11.2. The minimum absolute atomic E-state index is 0.338. The molecule has 0 spiro atoms. The van der Waals surface area contributed by atoms with Crippen LogP contribution in [0.15, 0.2) is 65.5 Å². The number of hydrogen-bond acceptors (Lipinski definition) is 4. The summed E-state index contributed by atoms with van der Waals surface area (Å²) >= 11 is 0. The fourth-order valence-electron chi connectivity index (χ4n) is 5.70. The first kappa shape index (κ1) is 25.6. The molecule has 2 aliphatic rings. The van der Waals surface area contributed by atoms with E-state index in [1.54, 1.807) is 0 Å². The zero-order chi connectivity index (χ0) is 26.1. The number of nitrogens with zero attached hydrogens (tertiary/aromatic N) is 4. The number of piperidine rings is 1. The van der Waals surface area contributed by atoms with Crippen LogP contribution >= 0.6 is 9.39 Å². The first-order chi connectivity index (χ1) is 17.8. The van der Waals surface area contributed by atoms with Gasteiger partial charge < -0.3 is 5.11 Å². The summed E-state index contributed by atoms with van der Waals surface area (Å²) in [5.74, 6) is -0.225. The van der Waals surface area contributed by atoms with Crippen molar-refractivity contribution in [3.8, 4) is 11.1 Å². The molecule has 192 valence electrons. The van der Waals surface area contributed by atoms with Gasteiger partial charge in [-0.1, -0.05) is 35.4 Å². The summed E-state index contributed by atoms with van der Waals surface area (Å²) in [6.45, 7) is 8.73. The maximum absolute atomic E-state index is 11.2. The largest absolute Gasteiger partial charge is 0.478 e. The van der Waals surface area contributed by atoms with E-state index < -0.39 is 5.97 Å². The fraction of sp³-hybridized carbons (Fsp3) is 0.367. The van der Waals surface area contributed by atoms with Crippen molar-refractivity contribution < 1.29 is 9.90 Å². The monoisotopic (exact) mass is 514 g/mol. The van der Waals surface area contributed by atoms with Crippen molar-refractivity contribution in [2.45, 2.75) is 52.5 Å². The van der Waals surface area contributed by atoms with Crippen LogP contribution in [0.3, 0.4) is 0 Å². The third kappa shape index (κ3) is 5.32. The highest BCUT2D eigenvalue weighted by atomic mass is 31.0. The molecule has 2 atom stereocenters. The maximum Gasteiger partial charge on any atom is 0.331 e. The van der Waals surface area contributed by atoms with Gasteiger partial charge in [-0.05, 0) is 104 Å². The summed E-state index contributed by atoms with van der Waals surface area (Å²) < 4.78 is 1.82. The van der Waals surface area contributed by atoms with E-state index in [4.69, 9.17) is 0 Å². The van der Waals surface area contributed by atoms with Gasteiger partial charge in [-0.3, -0.25) is 14.3 Å². The average molecular weight is 515 g/mol. The van der Waals surface area contributed by atoms with Crippen molar-refractivity contribution in [3.63, 3.8) is 0 Å². The third-order valence-corrected chi connectivity index (χ3v) is 8.60. The fourth-order valence-corrected chi connectivity index (χ4v) is 6.00. The number of carbonyl (C=O) groups is 1. The summed E-state index contributed by atoms with van der Waals surface area (Å²) in [5, 5.41) is 14.7. The molecule has 1 aliphatic carbocycles. The summed E-state index contributed by atoms with van der Waals surface area (Å²) in [5.41, 5.74) is 8.94. The second-order valence-corrected chi connectivity index (χ2v) is 10.8. The van der Waals surface area contributed by atoms with Crippen molar-refractivity contribution in [1.29, 1.82) is 0 Å². The van der Waals surface area contributed by atoms with Gasteiger partial charge in [0.05, 0.1) is 11.7 Å². The Morgan fingerprint density at radius 2 is 1.97 bits per heavy atom. The number of fused-ring (bicyclic) bond motifs is 1. The van der Waals surface area contributed by atoms with Crippen LogP contribution in [0.4, 0.5) is 0 Å². The number of benzene rings is 1. The molecule has 37 heavy (non-hydrogen) atoms. The van der Waals surface area contributed by atoms with Crippen LogP contribution in [0, 0.1) is 12.8 Å². The lowest BCUT2D eigenvalue weighted by Gasteiger charge is -2.38. The number of aromatic nitrogens is 3. The Bertz CT molecular complexity index is 1430. The second kappa shape index (κ2) is 10.7. The Kier molecular flexibility index (Phi) is 7.41. The number of aryl methyl sites for hydroxylation is 1. The molecule has 3 heterocycles. The van der Waals surface area contributed by atoms with E-state index in [1.165, 1.54) is 27.8 Å². The lowest BCUT2D eigenvalue weighted by atomic mass is 9.83. The highest BCUT2D eigenvalue weighted by molar-refractivity contribution is 7.14. The molecule has 2 unspecified atom stereocenters. The van der Waals surface area contributed by atoms with Gasteiger partial charge >= 0.3 is 5.97 Å². The minimum atomic E-state index is -0.787. The molecule has 1 aromatic carbocycles. The number of rotatable bonds is 6. The van der Waals surface area contributed by atoms with Crippen LogP contribution in [0.5, 0.6) is 0 Å². The smallest absolute Gasteiger partial charge is 0.331 e. The molecule has 1 N–H and O–H groups in total. The van der Waals surface area contributed by atoms with Gasteiger partial charge in [0.1, 0.15) is 0 Å². The zero-order valence-corrected chi connectivity index (χ0v) is 23.0. The predicted octanol–water partition coefficient (Wildman–Crippen LogP) is 6.28. The Morgan fingerprint density at radius 3 is 2.68 bits per heavy atom. The lowest BCUT2D eigenvalue weighted by Crippen LogP contribution is -2.40. The van der Waals surface area contributed by atoms with E-state index in [0.29, 0.717) is 24.0 Å². The highest BCUT2D eigenvalue weighted by Crippen LogP contribution is 2.34. The molecule has 0 bridgehead atoms. The van der Waals surface area contributed by atoms with Crippen LogP contribution in [0.2, 0.25) is 0 Å². The van der Waals surface area contributed by atoms with E-state index in [2.05, 4.69) is 81.6 Å². The molecule has 1 saturated heterocycles. The molecular formula is C30H35N4O2P. The van der Waals surface area contributed by atoms with E-state index in [0.717, 1.165) is 48.9 Å². The minimum Gasteiger partial charge on any atom is -0.478 e. The SMILES string of the molecule is C/C(=C\c1c(-c2ccc3c(cnn3P)c2)ccnc1C)C(C)N1CCC(C2=CC=C(C(=O)O)CC2)CC1.